The average Bonchev–Trinajstić information content (AvgIpc) is 2.55. The molecule has 0 spiro atoms. The number of aliphatic imine (C=N–C) groups is 1. The van der Waals surface area contributed by atoms with Crippen molar-refractivity contribution >= 4 is 11.9 Å². The Bertz CT molecular complexity index is 806. The lowest BCUT2D eigenvalue weighted by Crippen LogP contribution is -2.39. The van der Waals surface area contributed by atoms with Gasteiger partial charge in [0.15, 0.2) is 0 Å². The molecule has 1 heterocycles. The number of hydrogen-bond acceptors (Lipinski definition) is 3. The van der Waals surface area contributed by atoms with Crippen LogP contribution in [0.25, 0.3) is 5.70 Å². The van der Waals surface area contributed by atoms with Crippen molar-refractivity contribution < 1.29 is 4.39 Å². The minimum atomic E-state index is -0.900. The second-order valence-electron chi connectivity index (χ2n) is 4.94. The zero-order valence-corrected chi connectivity index (χ0v) is 11.0. The van der Waals surface area contributed by atoms with Crippen molar-refractivity contribution in [2.24, 2.45) is 15.7 Å². The average molecular weight is 267 g/mol. The first-order valence-electron chi connectivity index (χ1n) is 6.35. The highest BCUT2D eigenvalue weighted by Crippen LogP contribution is 2.17. The van der Waals surface area contributed by atoms with Gasteiger partial charge in [-0.25, -0.2) is 4.39 Å². The highest BCUT2D eigenvalue weighted by molar-refractivity contribution is 5.79. The molecule has 3 nitrogen and oxygen atoms in total. The maximum absolute atomic E-state index is 14.0. The van der Waals surface area contributed by atoms with E-state index < -0.39 is 5.66 Å². The monoisotopic (exact) mass is 267 g/mol. The van der Waals surface area contributed by atoms with Crippen LogP contribution in [-0.4, -0.2) is 11.9 Å². The van der Waals surface area contributed by atoms with Crippen LogP contribution in [0, 0.1) is 5.82 Å². The second-order valence-corrected chi connectivity index (χ2v) is 4.94. The van der Waals surface area contributed by atoms with Gasteiger partial charge in [0, 0.05) is 17.0 Å². The van der Waals surface area contributed by atoms with Crippen LogP contribution >= 0.6 is 0 Å². The van der Waals surface area contributed by atoms with Crippen LogP contribution in [0.1, 0.15) is 12.5 Å². The Morgan fingerprint density at radius 1 is 1.05 bits per heavy atom. The lowest BCUT2D eigenvalue weighted by molar-refractivity contribution is 0.623. The summed E-state index contributed by atoms with van der Waals surface area (Å²) in [7, 11) is 0. The Labute approximate surface area is 116 Å². The zero-order chi connectivity index (χ0) is 14.2. The summed E-state index contributed by atoms with van der Waals surface area (Å²) in [5.41, 5.74) is 6.15. The molecule has 2 aromatic carbocycles. The first kappa shape index (κ1) is 12.7. The number of nitrogens with zero attached hydrogens (tertiary/aromatic N) is 2. The molecule has 0 amide bonds. The molecule has 0 fully saturated rings. The third-order valence-electron chi connectivity index (χ3n) is 3.10. The molecule has 4 heteroatoms. The number of para-hydroxylation sites is 1. The maximum Gasteiger partial charge on any atom is 0.141 e. The van der Waals surface area contributed by atoms with Crippen LogP contribution in [0.4, 0.5) is 4.39 Å². The van der Waals surface area contributed by atoms with Crippen molar-refractivity contribution in [1.29, 1.82) is 0 Å². The Morgan fingerprint density at radius 2 is 1.75 bits per heavy atom. The predicted molar refractivity (Wildman–Crippen MR) is 77.2 cm³/mol. The van der Waals surface area contributed by atoms with E-state index in [-0.39, 0.29) is 5.82 Å². The molecule has 0 saturated heterocycles. The topological polar surface area (TPSA) is 50.7 Å². The van der Waals surface area contributed by atoms with E-state index in [0.29, 0.717) is 16.6 Å². The van der Waals surface area contributed by atoms with Crippen LogP contribution < -0.4 is 16.3 Å². The zero-order valence-electron chi connectivity index (χ0n) is 11.0. The van der Waals surface area contributed by atoms with Gasteiger partial charge >= 0.3 is 0 Å². The summed E-state index contributed by atoms with van der Waals surface area (Å²) in [5, 5.41) is 1.50. The molecule has 0 radical (unpaired) electrons. The first-order chi connectivity index (χ1) is 9.57. The molecule has 0 aliphatic carbocycles. The molecule has 0 bridgehead atoms. The lowest BCUT2D eigenvalue weighted by atomic mass is 10.1. The van der Waals surface area contributed by atoms with Gasteiger partial charge in [0.1, 0.15) is 11.5 Å². The molecule has 0 aromatic heterocycles. The summed E-state index contributed by atoms with van der Waals surface area (Å²) in [6.45, 7) is 1.76. The summed E-state index contributed by atoms with van der Waals surface area (Å²) >= 11 is 0. The van der Waals surface area contributed by atoms with Gasteiger partial charge in [0.05, 0.1) is 11.1 Å². The van der Waals surface area contributed by atoms with Gasteiger partial charge < -0.3 is 5.73 Å². The van der Waals surface area contributed by atoms with E-state index in [4.69, 9.17) is 5.73 Å². The van der Waals surface area contributed by atoms with Crippen molar-refractivity contribution in [3.8, 4) is 0 Å². The van der Waals surface area contributed by atoms with E-state index in [1.54, 1.807) is 31.3 Å². The van der Waals surface area contributed by atoms with Gasteiger partial charge in [0.25, 0.3) is 0 Å². The molecule has 0 saturated carbocycles. The largest absolute Gasteiger partial charge is 0.303 e. The van der Waals surface area contributed by atoms with E-state index in [9.17, 15) is 4.39 Å². The fraction of sp³-hybridized carbons (Fsp3) is 0.125. The standard InChI is InChI=1S/C16H14FN3/c1-16(18)10-19-15(11-6-2-4-8-13(11)17)12-7-3-5-9-14(12)20-16/h2-10H,18H2,1H3. The van der Waals surface area contributed by atoms with Gasteiger partial charge in [-0.15, -0.1) is 0 Å². The third kappa shape index (κ3) is 2.26. The normalized spacial score (nSPS) is 21.1. The Kier molecular flexibility index (Phi) is 2.95. The maximum atomic E-state index is 14.0. The van der Waals surface area contributed by atoms with Crippen LogP contribution in [0.5, 0.6) is 0 Å². The van der Waals surface area contributed by atoms with Crippen molar-refractivity contribution in [1.82, 2.24) is 0 Å². The number of hydrogen-bond donors (Lipinski definition) is 1. The summed E-state index contributed by atoms with van der Waals surface area (Å²) in [6, 6.07) is 14.1. The summed E-state index contributed by atoms with van der Waals surface area (Å²) in [6.07, 6.45) is 1.55. The lowest BCUT2D eigenvalue weighted by Gasteiger charge is -2.11. The number of halogens is 1. The predicted octanol–water partition coefficient (Wildman–Crippen LogP) is 1.36. The Hall–Kier alpha value is -2.33. The molecule has 2 aromatic rings. The molecule has 1 atom stereocenters. The third-order valence-corrected chi connectivity index (χ3v) is 3.10. The van der Waals surface area contributed by atoms with Crippen molar-refractivity contribution in [2.45, 2.75) is 12.6 Å². The molecule has 20 heavy (non-hydrogen) atoms. The Balaban J connectivity index is 2.41. The Morgan fingerprint density at radius 3 is 2.55 bits per heavy atom. The smallest absolute Gasteiger partial charge is 0.141 e. The second kappa shape index (κ2) is 4.65. The molecule has 3 rings (SSSR count). The number of benzene rings is 2. The minimum absolute atomic E-state index is 0.310. The van der Waals surface area contributed by atoms with Crippen molar-refractivity contribution in [3.63, 3.8) is 0 Å². The van der Waals surface area contributed by atoms with Crippen LogP contribution in [0.2, 0.25) is 0 Å². The summed E-state index contributed by atoms with van der Waals surface area (Å²) < 4.78 is 14.0. The van der Waals surface area contributed by atoms with E-state index in [0.717, 1.165) is 5.22 Å². The minimum Gasteiger partial charge on any atom is -0.303 e. The number of nitrogens with two attached hydrogens (primary N) is 1. The highest BCUT2D eigenvalue weighted by Gasteiger charge is 2.17. The van der Waals surface area contributed by atoms with E-state index >= 15 is 0 Å². The molecular weight excluding hydrogens is 253 g/mol. The quantitative estimate of drug-likeness (QED) is 0.833. The molecule has 1 aliphatic rings. The molecular formula is C16H14FN3. The van der Waals surface area contributed by atoms with Gasteiger partial charge in [-0.1, -0.05) is 30.3 Å². The van der Waals surface area contributed by atoms with Crippen LogP contribution in [0.3, 0.4) is 0 Å². The van der Waals surface area contributed by atoms with Crippen molar-refractivity contribution in [3.05, 3.63) is 70.5 Å². The highest BCUT2D eigenvalue weighted by atomic mass is 19.1. The van der Waals surface area contributed by atoms with Crippen molar-refractivity contribution in [2.75, 3.05) is 0 Å². The van der Waals surface area contributed by atoms with Gasteiger partial charge in [0.2, 0.25) is 0 Å². The summed E-state index contributed by atoms with van der Waals surface area (Å²) in [5.74, 6) is -0.310. The first-order valence-corrected chi connectivity index (χ1v) is 6.35. The number of fused-ring (bicyclic) bond motifs is 1. The SMILES string of the molecule is CC1(N)C=NC(c2ccccc2F)=c2ccccc2=N1. The van der Waals surface area contributed by atoms with Crippen LogP contribution in [-0.2, 0) is 0 Å². The van der Waals surface area contributed by atoms with E-state index in [2.05, 4.69) is 9.98 Å². The molecule has 1 aliphatic heterocycles. The fourth-order valence-corrected chi connectivity index (χ4v) is 2.19. The van der Waals surface area contributed by atoms with Crippen LogP contribution in [0.15, 0.2) is 58.5 Å². The molecule has 1 unspecified atom stereocenters. The fourth-order valence-electron chi connectivity index (χ4n) is 2.19. The van der Waals surface area contributed by atoms with Gasteiger partial charge in [-0.3, -0.25) is 9.98 Å². The van der Waals surface area contributed by atoms with E-state index in [1.165, 1.54) is 6.07 Å². The molecule has 2 N–H and O–H groups in total. The van der Waals surface area contributed by atoms with Gasteiger partial charge in [-0.05, 0) is 25.1 Å². The molecule has 100 valence electrons. The summed E-state index contributed by atoms with van der Waals surface area (Å²) in [4.78, 5) is 8.84. The number of rotatable bonds is 1. The van der Waals surface area contributed by atoms with E-state index in [1.807, 2.05) is 24.3 Å². The van der Waals surface area contributed by atoms with Gasteiger partial charge in [-0.2, -0.15) is 0 Å².